The normalized spacial score (nSPS) is 11.3. The fourth-order valence-corrected chi connectivity index (χ4v) is 3.09. The number of aromatic nitrogens is 1. The highest BCUT2D eigenvalue weighted by molar-refractivity contribution is 7.80. The first-order valence-electron chi connectivity index (χ1n) is 7.95. The van der Waals surface area contributed by atoms with Gasteiger partial charge in [0.15, 0.2) is 0 Å². The average Bonchev–Trinajstić information content (AvgIpc) is 2.97. The first-order valence-corrected chi connectivity index (χ1v) is 8.36. The van der Waals surface area contributed by atoms with Gasteiger partial charge in [-0.15, -0.1) is 0 Å². The van der Waals surface area contributed by atoms with Gasteiger partial charge in [0, 0.05) is 34.4 Å². The van der Waals surface area contributed by atoms with Crippen molar-refractivity contribution in [2.24, 2.45) is 11.7 Å². The van der Waals surface area contributed by atoms with Crippen molar-refractivity contribution in [3.63, 3.8) is 0 Å². The Morgan fingerprint density at radius 2 is 1.88 bits per heavy atom. The minimum absolute atomic E-state index is 0.314. The Labute approximate surface area is 150 Å². The molecule has 2 aromatic carbocycles. The maximum atomic E-state index is 13.0. The van der Waals surface area contributed by atoms with Crippen molar-refractivity contribution < 1.29 is 8.78 Å². The summed E-state index contributed by atoms with van der Waals surface area (Å²) in [5, 5.41) is 0.896. The lowest BCUT2D eigenvalue weighted by atomic mass is 10.0. The maximum absolute atomic E-state index is 13.0. The molecule has 0 saturated heterocycles. The van der Waals surface area contributed by atoms with Gasteiger partial charge in [0.1, 0.15) is 4.99 Å². The van der Waals surface area contributed by atoms with Gasteiger partial charge in [-0.1, -0.05) is 24.4 Å². The van der Waals surface area contributed by atoms with Crippen LogP contribution in [0.15, 0.2) is 48.7 Å². The molecule has 6 heteroatoms. The topological polar surface area (TPSA) is 57.0 Å². The van der Waals surface area contributed by atoms with E-state index in [0.29, 0.717) is 17.1 Å². The number of rotatable bonds is 6. The predicted octanol–water partition coefficient (Wildman–Crippen LogP) is 3.94. The number of anilines is 1. The van der Waals surface area contributed by atoms with Gasteiger partial charge in [0.2, 0.25) is 0 Å². The summed E-state index contributed by atoms with van der Waals surface area (Å²) in [6.07, 6.45) is 2.22. The van der Waals surface area contributed by atoms with E-state index in [1.54, 1.807) is 0 Å². The number of fused-ring (bicyclic) bond motifs is 1. The van der Waals surface area contributed by atoms with Crippen molar-refractivity contribution >= 4 is 33.8 Å². The highest BCUT2D eigenvalue weighted by Crippen LogP contribution is 2.29. The molecule has 3 aromatic rings. The van der Waals surface area contributed by atoms with Crippen LogP contribution in [0.2, 0.25) is 0 Å². The van der Waals surface area contributed by atoms with Crippen molar-refractivity contribution in [1.82, 2.24) is 4.57 Å². The summed E-state index contributed by atoms with van der Waals surface area (Å²) >= 11 is 5.05. The molecule has 0 atom stereocenters. The smallest absolute Gasteiger partial charge is 0.104 e. The Kier molecular flexibility index (Phi) is 4.99. The van der Waals surface area contributed by atoms with Crippen LogP contribution < -0.4 is 11.5 Å². The average molecular weight is 359 g/mol. The quantitative estimate of drug-likeness (QED) is 0.518. The summed E-state index contributed by atoms with van der Waals surface area (Å²) in [7, 11) is 0. The van der Waals surface area contributed by atoms with E-state index in [1.807, 2.05) is 53.2 Å². The number of nitrogens with zero attached hydrogens (tertiary/aromatic N) is 1. The van der Waals surface area contributed by atoms with Gasteiger partial charge >= 0.3 is 0 Å². The predicted molar refractivity (Wildman–Crippen MR) is 103 cm³/mol. The number of hydrogen-bond acceptors (Lipinski definition) is 2. The lowest BCUT2D eigenvalue weighted by Gasteiger charge is -2.08. The molecule has 0 bridgehead atoms. The maximum Gasteiger partial charge on any atom is 0.104 e. The van der Waals surface area contributed by atoms with Gasteiger partial charge in [0.05, 0.1) is 18.9 Å². The Bertz CT molecular complexity index is 916. The number of benzene rings is 2. The molecule has 0 amide bonds. The van der Waals surface area contributed by atoms with Crippen LogP contribution in [0.5, 0.6) is 0 Å². The zero-order chi connectivity index (χ0) is 18.0. The third kappa shape index (κ3) is 3.49. The van der Waals surface area contributed by atoms with Crippen molar-refractivity contribution in [3.8, 4) is 5.69 Å². The molecule has 0 fully saturated rings. The fourth-order valence-electron chi connectivity index (χ4n) is 2.96. The molecule has 1 heterocycles. The molecule has 0 radical (unpaired) electrons. The monoisotopic (exact) mass is 359 g/mol. The van der Waals surface area contributed by atoms with Gasteiger partial charge in [-0.05, 0) is 42.3 Å². The molecule has 4 N–H and O–H groups in total. The minimum Gasteiger partial charge on any atom is -0.399 e. The molecule has 0 aliphatic carbocycles. The van der Waals surface area contributed by atoms with Gasteiger partial charge in [-0.3, -0.25) is 8.78 Å². The summed E-state index contributed by atoms with van der Waals surface area (Å²) in [5.41, 5.74) is 15.7. The van der Waals surface area contributed by atoms with E-state index in [4.69, 9.17) is 23.7 Å². The first-order chi connectivity index (χ1) is 12.0. The molecule has 25 heavy (non-hydrogen) atoms. The zero-order valence-corrected chi connectivity index (χ0v) is 14.4. The fraction of sp³-hybridized carbons (Fsp3) is 0.211. The van der Waals surface area contributed by atoms with Gasteiger partial charge in [0.25, 0.3) is 0 Å². The number of halogens is 2. The standard InChI is InChI=1S/C19H19F2N3S/c20-9-12(10-21)6-14-11-24(18-5-4-15(22)8-17(14)18)16-3-1-2-13(7-16)19(23)25/h1-5,7-8,11-12H,6,9-10,22H2,(H2,23,25). The molecule has 0 aliphatic rings. The Morgan fingerprint density at radius 1 is 1.12 bits per heavy atom. The number of nitrogens with two attached hydrogens (primary N) is 2. The SMILES string of the molecule is NC(=S)c1cccc(-n2cc(CC(CF)CF)c3cc(N)ccc32)c1. The molecule has 130 valence electrons. The largest absolute Gasteiger partial charge is 0.399 e. The van der Waals surface area contributed by atoms with Crippen molar-refractivity contribution in [3.05, 3.63) is 59.8 Å². The van der Waals surface area contributed by atoms with Crippen molar-refractivity contribution in [2.75, 3.05) is 19.1 Å². The van der Waals surface area contributed by atoms with Gasteiger partial charge < -0.3 is 16.0 Å². The Balaban J connectivity index is 2.15. The minimum atomic E-state index is -0.692. The van der Waals surface area contributed by atoms with Crippen LogP contribution in [0, 0.1) is 5.92 Å². The summed E-state index contributed by atoms with van der Waals surface area (Å²) in [4.78, 5) is 0.317. The van der Waals surface area contributed by atoms with Crippen LogP contribution in [0.1, 0.15) is 11.1 Å². The van der Waals surface area contributed by atoms with Crippen LogP contribution in [0.3, 0.4) is 0 Å². The number of alkyl halides is 2. The van der Waals surface area contributed by atoms with Crippen LogP contribution in [0.4, 0.5) is 14.5 Å². The van der Waals surface area contributed by atoms with E-state index in [0.717, 1.165) is 27.7 Å². The van der Waals surface area contributed by atoms with Crippen LogP contribution >= 0.6 is 12.2 Å². The molecule has 3 rings (SSSR count). The van der Waals surface area contributed by atoms with Crippen LogP contribution in [-0.4, -0.2) is 22.9 Å². The lowest BCUT2D eigenvalue weighted by molar-refractivity contribution is 0.288. The second-order valence-corrected chi connectivity index (χ2v) is 6.53. The molecule has 0 spiro atoms. The highest BCUT2D eigenvalue weighted by atomic mass is 32.1. The second-order valence-electron chi connectivity index (χ2n) is 6.09. The van der Waals surface area contributed by atoms with Gasteiger partial charge in [-0.2, -0.15) is 0 Å². The number of hydrogen-bond donors (Lipinski definition) is 2. The Hall–Kier alpha value is -2.47. The zero-order valence-electron chi connectivity index (χ0n) is 13.6. The second kappa shape index (κ2) is 7.19. The molecule has 0 saturated carbocycles. The van der Waals surface area contributed by atoms with E-state index in [2.05, 4.69) is 0 Å². The van der Waals surface area contributed by atoms with Crippen molar-refractivity contribution in [2.45, 2.75) is 6.42 Å². The molecule has 3 nitrogen and oxygen atoms in total. The summed E-state index contributed by atoms with van der Waals surface area (Å²) in [6.45, 7) is -1.38. The molecule has 0 unspecified atom stereocenters. The first kappa shape index (κ1) is 17.4. The third-order valence-corrected chi connectivity index (χ3v) is 4.50. The number of thiocarbonyl (C=S) groups is 1. The molecular formula is C19H19F2N3S. The lowest BCUT2D eigenvalue weighted by Crippen LogP contribution is -2.10. The summed E-state index contributed by atoms with van der Waals surface area (Å²) in [5.74, 6) is -0.650. The molecular weight excluding hydrogens is 340 g/mol. The van der Waals surface area contributed by atoms with Gasteiger partial charge in [-0.25, -0.2) is 0 Å². The third-order valence-electron chi connectivity index (χ3n) is 4.26. The van der Waals surface area contributed by atoms with E-state index in [1.165, 1.54) is 0 Å². The molecule has 1 aromatic heterocycles. The number of nitrogen functional groups attached to an aromatic ring is 1. The summed E-state index contributed by atoms with van der Waals surface area (Å²) < 4.78 is 28.0. The van der Waals surface area contributed by atoms with E-state index in [9.17, 15) is 8.78 Å². The highest BCUT2D eigenvalue weighted by Gasteiger charge is 2.16. The van der Waals surface area contributed by atoms with E-state index in [-0.39, 0.29) is 0 Å². The van der Waals surface area contributed by atoms with Crippen LogP contribution in [0.25, 0.3) is 16.6 Å². The molecule has 0 aliphatic heterocycles. The van der Waals surface area contributed by atoms with Crippen LogP contribution in [-0.2, 0) is 6.42 Å². The van der Waals surface area contributed by atoms with E-state index < -0.39 is 19.3 Å². The van der Waals surface area contributed by atoms with Crippen molar-refractivity contribution in [1.29, 1.82) is 0 Å². The summed E-state index contributed by atoms with van der Waals surface area (Å²) in [6, 6.07) is 13.1. The van der Waals surface area contributed by atoms with E-state index >= 15 is 0 Å². The Morgan fingerprint density at radius 3 is 2.56 bits per heavy atom.